The van der Waals surface area contributed by atoms with Gasteiger partial charge in [-0.25, -0.2) is 13.4 Å². The second-order valence-electron chi connectivity index (χ2n) is 3.15. The lowest BCUT2D eigenvalue weighted by molar-refractivity contribution is 0.349. The Morgan fingerprint density at radius 2 is 2.06 bits per heavy atom. The monoisotopic (exact) mass is 301 g/mol. The zero-order valence-corrected chi connectivity index (χ0v) is 10.5. The molecule has 1 aliphatic rings. The lowest BCUT2D eigenvalue weighted by Gasteiger charge is -2.06. The summed E-state index contributed by atoms with van der Waals surface area (Å²) in [5.41, 5.74) is 1.32. The van der Waals surface area contributed by atoms with E-state index < -0.39 is 9.84 Å². The minimum absolute atomic E-state index is 0.137. The molecule has 16 heavy (non-hydrogen) atoms. The molecule has 0 amide bonds. The predicted octanol–water partition coefficient (Wildman–Crippen LogP) is 2.13. The summed E-state index contributed by atoms with van der Waals surface area (Å²) in [4.78, 5) is 3.74. The summed E-state index contributed by atoms with van der Waals surface area (Å²) in [5.74, 6) is 0.655. The van der Waals surface area contributed by atoms with Gasteiger partial charge < -0.3 is 4.74 Å². The van der Waals surface area contributed by atoms with Crippen LogP contribution in [0.2, 0.25) is 0 Å². The van der Waals surface area contributed by atoms with E-state index in [2.05, 4.69) is 20.9 Å². The van der Waals surface area contributed by atoms with Crippen LogP contribution >= 0.6 is 15.9 Å². The first-order valence-corrected chi connectivity index (χ1v) is 6.84. The van der Waals surface area contributed by atoms with Crippen molar-refractivity contribution < 1.29 is 13.2 Å². The van der Waals surface area contributed by atoms with Gasteiger partial charge in [-0.1, -0.05) is 12.1 Å². The molecule has 0 saturated carbocycles. The largest absolute Gasteiger partial charge is 0.486 e. The molecule has 0 spiro atoms. The van der Waals surface area contributed by atoms with Crippen LogP contribution in [-0.2, 0) is 9.84 Å². The molecule has 0 aliphatic carbocycles. The van der Waals surface area contributed by atoms with Gasteiger partial charge in [-0.15, -0.1) is 0 Å². The van der Waals surface area contributed by atoms with Gasteiger partial charge in [0.15, 0.2) is 0 Å². The molecule has 0 fully saturated rings. The van der Waals surface area contributed by atoms with Crippen LogP contribution in [0.25, 0.3) is 0 Å². The second-order valence-corrected chi connectivity index (χ2v) is 5.63. The predicted molar refractivity (Wildman–Crippen MR) is 65.1 cm³/mol. The van der Waals surface area contributed by atoms with Gasteiger partial charge in [0.05, 0.1) is 15.6 Å². The quantitative estimate of drug-likeness (QED) is 0.859. The van der Waals surface area contributed by atoms with Crippen LogP contribution in [0, 0.1) is 0 Å². The number of rotatable bonds is 3. The van der Waals surface area contributed by atoms with E-state index in [0.717, 1.165) is 15.4 Å². The average molecular weight is 302 g/mol. The van der Waals surface area contributed by atoms with Crippen LogP contribution in [0.1, 0.15) is 0 Å². The lowest BCUT2D eigenvalue weighted by Crippen LogP contribution is -1.99. The minimum Gasteiger partial charge on any atom is -0.486 e. The van der Waals surface area contributed by atoms with Gasteiger partial charge in [0.25, 0.3) is 0 Å². The number of halogens is 1. The van der Waals surface area contributed by atoms with Crippen molar-refractivity contribution in [2.75, 3.05) is 6.61 Å². The number of sulfone groups is 1. The van der Waals surface area contributed by atoms with E-state index in [9.17, 15) is 8.42 Å². The molecule has 0 N–H and O–H groups in total. The molecule has 1 heterocycles. The Balaban J connectivity index is 2.05. The zero-order valence-electron chi connectivity index (χ0n) is 8.13. The first kappa shape index (κ1) is 11.3. The van der Waals surface area contributed by atoms with Crippen molar-refractivity contribution in [1.29, 1.82) is 0 Å². The fraction of sp³-hybridized carbons (Fsp3) is 0.100. The van der Waals surface area contributed by atoms with Crippen LogP contribution in [0.5, 0.6) is 5.75 Å². The Morgan fingerprint density at radius 3 is 2.69 bits per heavy atom. The van der Waals surface area contributed by atoms with Crippen LogP contribution in [0.3, 0.4) is 0 Å². The van der Waals surface area contributed by atoms with E-state index in [1.54, 1.807) is 6.07 Å². The Kier molecular flexibility index (Phi) is 3.11. The summed E-state index contributed by atoms with van der Waals surface area (Å²) in [6.45, 7) is 0.137. The van der Waals surface area contributed by atoms with Gasteiger partial charge in [-0.3, -0.25) is 0 Å². The van der Waals surface area contributed by atoms with E-state index in [0.29, 0.717) is 11.4 Å². The first-order valence-electron chi connectivity index (χ1n) is 4.44. The van der Waals surface area contributed by atoms with Gasteiger partial charge in [0.2, 0.25) is 9.84 Å². The molecule has 1 aromatic rings. The number of hydrogen-bond acceptors (Lipinski definition) is 4. The molecule has 0 aromatic heterocycles. The maximum absolute atomic E-state index is 11.0. The fourth-order valence-corrected chi connectivity index (χ4v) is 2.43. The van der Waals surface area contributed by atoms with Crippen molar-refractivity contribution in [3.63, 3.8) is 0 Å². The van der Waals surface area contributed by atoms with E-state index in [4.69, 9.17) is 4.74 Å². The number of para-hydroxylation sites is 1. The number of nitrogens with zero attached hydrogens (tertiary/aromatic N) is 1. The van der Waals surface area contributed by atoms with Crippen LogP contribution in [0.4, 0.5) is 0 Å². The molecule has 0 atom stereocenters. The van der Waals surface area contributed by atoms with Crippen LogP contribution < -0.4 is 4.74 Å². The molecular formula is C10H8BrNO3S. The van der Waals surface area contributed by atoms with E-state index in [1.165, 1.54) is 0 Å². The van der Waals surface area contributed by atoms with Gasteiger partial charge in [0, 0.05) is 0 Å². The third-order valence-corrected chi connectivity index (χ3v) is 3.53. The Hall–Kier alpha value is -1.14. The second kappa shape index (κ2) is 4.39. The maximum atomic E-state index is 11.0. The number of aliphatic imine (C=N–C) groups is 1. The number of ether oxygens (including phenoxy) is 1. The number of hydrogen-bond donors (Lipinski definition) is 0. The Bertz CT molecular complexity index is 563. The highest BCUT2D eigenvalue weighted by Gasteiger charge is 2.13. The smallest absolute Gasteiger partial charge is 0.212 e. The molecule has 4 nitrogen and oxygen atoms in total. The van der Waals surface area contributed by atoms with Gasteiger partial charge >= 0.3 is 0 Å². The third-order valence-electron chi connectivity index (χ3n) is 1.88. The van der Waals surface area contributed by atoms with Crippen molar-refractivity contribution in [2.24, 2.45) is 4.99 Å². The summed E-state index contributed by atoms with van der Waals surface area (Å²) < 4.78 is 28.3. The molecule has 0 bridgehead atoms. The van der Waals surface area contributed by atoms with Gasteiger partial charge in [0.1, 0.15) is 17.9 Å². The van der Waals surface area contributed by atoms with E-state index in [1.807, 2.05) is 18.2 Å². The normalized spacial score (nSPS) is 17.2. The summed E-state index contributed by atoms with van der Waals surface area (Å²) >= 11 is 3.33. The van der Waals surface area contributed by atoms with Crippen molar-refractivity contribution in [1.82, 2.24) is 0 Å². The highest BCUT2D eigenvalue weighted by molar-refractivity contribution is 9.10. The lowest BCUT2D eigenvalue weighted by atomic mass is 10.3. The fourth-order valence-electron chi connectivity index (χ4n) is 1.18. The SMILES string of the molecule is O=S1(=O)C=NC(COc2ccccc2Br)=C1. The van der Waals surface area contributed by atoms with Crippen LogP contribution in [-0.4, -0.2) is 20.6 Å². The molecule has 0 saturated heterocycles. The molecule has 0 radical (unpaired) electrons. The molecule has 6 heteroatoms. The minimum atomic E-state index is -3.26. The summed E-state index contributed by atoms with van der Waals surface area (Å²) in [6.07, 6.45) is 0. The standard InChI is InChI=1S/C10H8BrNO3S/c11-9-3-1-2-4-10(9)15-5-8-6-16(13,14)7-12-8/h1-4,6-7H,5H2. The zero-order chi connectivity index (χ0) is 11.6. The molecule has 1 aliphatic heterocycles. The van der Waals surface area contributed by atoms with Crippen molar-refractivity contribution in [2.45, 2.75) is 0 Å². The van der Waals surface area contributed by atoms with E-state index in [-0.39, 0.29) is 6.61 Å². The summed E-state index contributed by atoms with van der Waals surface area (Å²) in [6, 6.07) is 7.34. The van der Waals surface area contributed by atoms with Crippen molar-refractivity contribution >= 4 is 31.3 Å². The van der Waals surface area contributed by atoms with Gasteiger partial charge in [-0.05, 0) is 28.1 Å². The maximum Gasteiger partial charge on any atom is 0.212 e. The molecule has 1 aromatic carbocycles. The van der Waals surface area contributed by atoms with Crippen molar-refractivity contribution in [3.8, 4) is 5.75 Å². The molecule has 2 rings (SSSR count). The first-order chi connectivity index (χ1) is 7.57. The summed E-state index contributed by atoms with van der Waals surface area (Å²) in [5, 5.41) is 1.10. The van der Waals surface area contributed by atoms with E-state index >= 15 is 0 Å². The average Bonchev–Trinajstić information content (AvgIpc) is 2.57. The topological polar surface area (TPSA) is 55.7 Å². The molecular weight excluding hydrogens is 294 g/mol. The highest BCUT2D eigenvalue weighted by atomic mass is 79.9. The Labute approximate surface area is 102 Å². The molecule has 84 valence electrons. The van der Waals surface area contributed by atoms with Crippen LogP contribution in [0.15, 0.2) is 44.8 Å². The van der Waals surface area contributed by atoms with Crippen molar-refractivity contribution in [3.05, 3.63) is 39.8 Å². The Morgan fingerprint density at radius 1 is 1.31 bits per heavy atom. The summed E-state index contributed by atoms with van der Waals surface area (Å²) in [7, 11) is -3.26. The highest BCUT2D eigenvalue weighted by Crippen LogP contribution is 2.24. The third kappa shape index (κ3) is 2.70. The molecule has 0 unspecified atom stereocenters. The number of benzene rings is 1. The van der Waals surface area contributed by atoms with Gasteiger partial charge in [-0.2, -0.15) is 0 Å².